The van der Waals surface area contributed by atoms with Crippen molar-refractivity contribution in [1.29, 1.82) is 0 Å². The van der Waals surface area contributed by atoms with E-state index in [1.165, 1.54) is 12.8 Å². The number of carbonyl (C=O) groups excluding carboxylic acids is 1. The van der Waals surface area contributed by atoms with Gasteiger partial charge in [-0.25, -0.2) is 0 Å². The summed E-state index contributed by atoms with van der Waals surface area (Å²) in [5.74, 6) is 0.705. The SMILES string of the molecule is Cc1ccc(CN)cc1OC(C)C(=O)NC1CCCC1. The normalized spacial score (nSPS) is 16.9. The Hall–Kier alpha value is -1.55. The maximum Gasteiger partial charge on any atom is 0.260 e. The number of rotatable bonds is 5. The smallest absolute Gasteiger partial charge is 0.260 e. The zero-order chi connectivity index (χ0) is 14.5. The Bertz CT molecular complexity index is 468. The second-order valence-corrected chi connectivity index (χ2v) is 5.55. The molecule has 0 bridgehead atoms. The highest BCUT2D eigenvalue weighted by Crippen LogP contribution is 2.21. The molecule has 1 aliphatic rings. The van der Waals surface area contributed by atoms with Crippen LogP contribution >= 0.6 is 0 Å². The summed E-state index contributed by atoms with van der Waals surface area (Å²) >= 11 is 0. The molecular weight excluding hydrogens is 252 g/mol. The molecular formula is C16H24N2O2. The first-order valence-electron chi connectivity index (χ1n) is 7.36. The number of hydrogen-bond donors (Lipinski definition) is 2. The minimum Gasteiger partial charge on any atom is -0.481 e. The lowest BCUT2D eigenvalue weighted by Crippen LogP contribution is -2.41. The van der Waals surface area contributed by atoms with Crippen molar-refractivity contribution in [1.82, 2.24) is 5.32 Å². The molecule has 4 nitrogen and oxygen atoms in total. The van der Waals surface area contributed by atoms with Crippen LogP contribution in [0, 0.1) is 6.92 Å². The van der Waals surface area contributed by atoms with Crippen LogP contribution in [0.1, 0.15) is 43.7 Å². The van der Waals surface area contributed by atoms with Crippen LogP contribution in [0.3, 0.4) is 0 Å². The molecule has 1 atom stereocenters. The van der Waals surface area contributed by atoms with E-state index < -0.39 is 6.10 Å². The van der Waals surface area contributed by atoms with Crippen LogP contribution < -0.4 is 15.8 Å². The molecule has 1 aliphatic carbocycles. The molecule has 0 aliphatic heterocycles. The van der Waals surface area contributed by atoms with Crippen molar-refractivity contribution in [2.45, 2.75) is 58.2 Å². The zero-order valence-electron chi connectivity index (χ0n) is 12.3. The predicted molar refractivity (Wildman–Crippen MR) is 79.6 cm³/mol. The van der Waals surface area contributed by atoms with Crippen LogP contribution in [0.2, 0.25) is 0 Å². The van der Waals surface area contributed by atoms with Gasteiger partial charge in [0.25, 0.3) is 5.91 Å². The Kier molecular flexibility index (Phi) is 5.01. The third kappa shape index (κ3) is 3.73. The van der Waals surface area contributed by atoms with Crippen LogP contribution in [0.25, 0.3) is 0 Å². The molecule has 0 heterocycles. The van der Waals surface area contributed by atoms with Crippen molar-refractivity contribution in [3.05, 3.63) is 29.3 Å². The number of nitrogens with two attached hydrogens (primary N) is 1. The van der Waals surface area contributed by atoms with Gasteiger partial charge in [0.2, 0.25) is 0 Å². The maximum absolute atomic E-state index is 12.1. The third-order valence-corrected chi connectivity index (χ3v) is 3.86. The number of carbonyl (C=O) groups is 1. The number of amides is 1. The van der Waals surface area contributed by atoms with Gasteiger partial charge in [-0.15, -0.1) is 0 Å². The fourth-order valence-electron chi connectivity index (χ4n) is 2.53. The van der Waals surface area contributed by atoms with Gasteiger partial charge in [0, 0.05) is 12.6 Å². The number of hydrogen-bond acceptors (Lipinski definition) is 3. The van der Waals surface area contributed by atoms with E-state index in [0.717, 1.165) is 29.7 Å². The Morgan fingerprint density at radius 3 is 2.80 bits per heavy atom. The van der Waals surface area contributed by atoms with Crippen LogP contribution in [0.4, 0.5) is 0 Å². The monoisotopic (exact) mass is 276 g/mol. The highest BCUT2D eigenvalue weighted by atomic mass is 16.5. The Balaban J connectivity index is 1.95. The average molecular weight is 276 g/mol. The molecule has 20 heavy (non-hydrogen) atoms. The van der Waals surface area contributed by atoms with Crippen molar-refractivity contribution in [2.24, 2.45) is 5.73 Å². The molecule has 1 unspecified atom stereocenters. The van der Waals surface area contributed by atoms with Crippen molar-refractivity contribution >= 4 is 5.91 Å². The van der Waals surface area contributed by atoms with Gasteiger partial charge in [-0.3, -0.25) is 4.79 Å². The first-order chi connectivity index (χ1) is 9.60. The van der Waals surface area contributed by atoms with Gasteiger partial charge in [0.1, 0.15) is 5.75 Å². The van der Waals surface area contributed by atoms with Crippen molar-refractivity contribution < 1.29 is 9.53 Å². The van der Waals surface area contributed by atoms with Crippen LogP contribution in [0.5, 0.6) is 5.75 Å². The molecule has 1 amide bonds. The molecule has 3 N–H and O–H groups in total. The number of aryl methyl sites for hydroxylation is 1. The summed E-state index contributed by atoms with van der Waals surface area (Å²) in [4.78, 5) is 12.1. The molecule has 1 aromatic rings. The second kappa shape index (κ2) is 6.75. The number of benzene rings is 1. The second-order valence-electron chi connectivity index (χ2n) is 5.55. The van der Waals surface area contributed by atoms with Gasteiger partial charge in [-0.2, -0.15) is 0 Å². The highest BCUT2D eigenvalue weighted by molar-refractivity contribution is 5.81. The minimum atomic E-state index is -0.484. The molecule has 2 rings (SSSR count). The van der Waals surface area contributed by atoms with Crippen molar-refractivity contribution in [2.75, 3.05) is 0 Å². The van der Waals surface area contributed by atoms with Gasteiger partial charge >= 0.3 is 0 Å². The van der Waals surface area contributed by atoms with Gasteiger partial charge in [-0.05, 0) is 43.9 Å². The summed E-state index contributed by atoms with van der Waals surface area (Å²) in [5, 5.41) is 3.06. The topological polar surface area (TPSA) is 64.3 Å². The first-order valence-corrected chi connectivity index (χ1v) is 7.36. The average Bonchev–Trinajstić information content (AvgIpc) is 2.94. The highest BCUT2D eigenvalue weighted by Gasteiger charge is 2.22. The third-order valence-electron chi connectivity index (χ3n) is 3.86. The largest absolute Gasteiger partial charge is 0.481 e. The summed E-state index contributed by atoms with van der Waals surface area (Å²) in [6.07, 6.45) is 4.10. The van der Waals surface area contributed by atoms with Crippen LogP contribution in [-0.4, -0.2) is 18.1 Å². The van der Waals surface area contributed by atoms with E-state index in [1.807, 2.05) is 25.1 Å². The van der Waals surface area contributed by atoms with E-state index in [-0.39, 0.29) is 5.91 Å². The van der Waals surface area contributed by atoms with E-state index in [4.69, 9.17) is 10.5 Å². The lowest BCUT2D eigenvalue weighted by atomic mass is 10.1. The van der Waals surface area contributed by atoms with Crippen LogP contribution in [-0.2, 0) is 11.3 Å². The number of nitrogens with one attached hydrogen (secondary N) is 1. The lowest BCUT2D eigenvalue weighted by Gasteiger charge is -2.19. The quantitative estimate of drug-likeness (QED) is 0.867. The zero-order valence-corrected chi connectivity index (χ0v) is 12.3. The van der Waals surface area contributed by atoms with Gasteiger partial charge < -0.3 is 15.8 Å². The summed E-state index contributed by atoms with van der Waals surface area (Å²) in [5.41, 5.74) is 7.66. The maximum atomic E-state index is 12.1. The summed E-state index contributed by atoms with van der Waals surface area (Å²) < 4.78 is 5.79. The Morgan fingerprint density at radius 2 is 2.15 bits per heavy atom. The Labute approximate surface area is 120 Å². The van der Waals surface area contributed by atoms with Crippen molar-refractivity contribution in [3.63, 3.8) is 0 Å². The summed E-state index contributed by atoms with van der Waals surface area (Å²) in [6.45, 7) is 4.23. The molecule has 1 fully saturated rings. The van der Waals surface area contributed by atoms with Gasteiger partial charge in [-0.1, -0.05) is 25.0 Å². The van der Waals surface area contributed by atoms with E-state index in [2.05, 4.69) is 5.32 Å². The van der Waals surface area contributed by atoms with E-state index >= 15 is 0 Å². The van der Waals surface area contributed by atoms with Crippen molar-refractivity contribution in [3.8, 4) is 5.75 Å². The lowest BCUT2D eigenvalue weighted by molar-refractivity contribution is -0.127. The van der Waals surface area contributed by atoms with E-state index in [9.17, 15) is 4.79 Å². The van der Waals surface area contributed by atoms with E-state index in [1.54, 1.807) is 6.92 Å². The molecule has 0 radical (unpaired) electrons. The predicted octanol–water partition coefficient (Wildman–Crippen LogP) is 2.28. The minimum absolute atomic E-state index is 0.0329. The summed E-state index contributed by atoms with van der Waals surface area (Å²) in [6, 6.07) is 6.18. The van der Waals surface area contributed by atoms with Gasteiger partial charge in [0.15, 0.2) is 6.10 Å². The molecule has 1 saturated carbocycles. The molecule has 0 aromatic heterocycles. The molecule has 0 saturated heterocycles. The standard InChI is InChI=1S/C16H24N2O2/c1-11-7-8-13(10-17)9-15(11)20-12(2)16(19)18-14-5-3-4-6-14/h7-9,12,14H,3-6,10,17H2,1-2H3,(H,18,19). The fraction of sp³-hybridized carbons (Fsp3) is 0.562. The molecule has 110 valence electrons. The molecule has 1 aromatic carbocycles. The van der Waals surface area contributed by atoms with E-state index in [0.29, 0.717) is 12.6 Å². The molecule has 4 heteroatoms. The first kappa shape index (κ1) is 14.9. The Morgan fingerprint density at radius 1 is 1.45 bits per heavy atom. The number of ether oxygens (including phenoxy) is 1. The summed E-state index contributed by atoms with van der Waals surface area (Å²) in [7, 11) is 0. The van der Waals surface area contributed by atoms with Gasteiger partial charge in [0.05, 0.1) is 0 Å². The van der Waals surface area contributed by atoms with Crippen LogP contribution in [0.15, 0.2) is 18.2 Å². The molecule has 0 spiro atoms. The fourth-order valence-corrected chi connectivity index (χ4v) is 2.53.